The standard InChI is InChI=1S/C7H12N4OS/c1-11(4-2-6(8)10-12)7-9-3-5-13-7/h3,5,12H,2,4H2,1H3,(H2,8,10). The van der Waals surface area contributed by atoms with Crippen LogP contribution in [0, 0.1) is 0 Å². The molecule has 0 spiro atoms. The summed E-state index contributed by atoms with van der Waals surface area (Å²) in [5.74, 6) is 0.239. The van der Waals surface area contributed by atoms with Gasteiger partial charge in [-0.25, -0.2) is 4.98 Å². The molecule has 0 saturated carbocycles. The Hall–Kier alpha value is -1.30. The minimum Gasteiger partial charge on any atom is -0.409 e. The molecule has 0 saturated heterocycles. The van der Waals surface area contributed by atoms with E-state index in [1.54, 1.807) is 17.5 Å². The molecular weight excluding hydrogens is 188 g/mol. The second-order valence-corrected chi connectivity index (χ2v) is 3.45. The van der Waals surface area contributed by atoms with E-state index in [9.17, 15) is 0 Å². The third kappa shape index (κ3) is 2.90. The number of oxime groups is 1. The lowest BCUT2D eigenvalue weighted by Crippen LogP contribution is -2.24. The van der Waals surface area contributed by atoms with Gasteiger partial charge in [0.05, 0.1) is 0 Å². The number of rotatable bonds is 4. The van der Waals surface area contributed by atoms with Crippen molar-refractivity contribution >= 4 is 22.3 Å². The molecule has 0 atom stereocenters. The van der Waals surface area contributed by atoms with E-state index in [1.165, 1.54) is 0 Å². The average molecular weight is 200 g/mol. The summed E-state index contributed by atoms with van der Waals surface area (Å²) in [4.78, 5) is 6.08. The highest BCUT2D eigenvalue weighted by atomic mass is 32.1. The summed E-state index contributed by atoms with van der Waals surface area (Å²) in [6.45, 7) is 0.698. The first-order valence-electron chi connectivity index (χ1n) is 3.81. The van der Waals surface area contributed by atoms with Crippen LogP contribution in [0.25, 0.3) is 0 Å². The fourth-order valence-corrected chi connectivity index (χ4v) is 1.47. The average Bonchev–Trinajstić information content (AvgIpc) is 2.66. The van der Waals surface area contributed by atoms with Crippen LogP contribution in [0.1, 0.15) is 6.42 Å². The normalized spacial score (nSPS) is 11.6. The van der Waals surface area contributed by atoms with Crippen LogP contribution < -0.4 is 10.6 Å². The largest absolute Gasteiger partial charge is 0.409 e. The Bertz CT molecular complexity index is 272. The summed E-state index contributed by atoms with van der Waals surface area (Å²) in [5, 5.41) is 14.1. The van der Waals surface area contributed by atoms with Gasteiger partial charge in [0, 0.05) is 31.6 Å². The second kappa shape index (κ2) is 4.66. The van der Waals surface area contributed by atoms with Crippen molar-refractivity contribution < 1.29 is 5.21 Å². The number of hydrogen-bond donors (Lipinski definition) is 2. The summed E-state index contributed by atoms with van der Waals surface area (Å²) in [6.07, 6.45) is 2.28. The maximum atomic E-state index is 8.31. The molecule has 3 N–H and O–H groups in total. The fraction of sp³-hybridized carbons (Fsp3) is 0.429. The number of nitrogens with two attached hydrogens (primary N) is 1. The summed E-state index contributed by atoms with van der Waals surface area (Å²) in [6, 6.07) is 0. The van der Waals surface area contributed by atoms with Gasteiger partial charge in [-0.15, -0.1) is 11.3 Å². The lowest BCUT2D eigenvalue weighted by molar-refractivity contribution is 0.317. The molecule has 72 valence electrons. The first-order valence-corrected chi connectivity index (χ1v) is 4.69. The third-order valence-electron chi connectivity index (χ3n) is 1.58. The molecule has 0 aliphatic carbocycles. The molecule has 0 bridgehead atoms. The molecule has 0 aliphatic heterocycles. The highest BCUT2D eigenvalue weighted by molar-refractivity contribution is 7.13. The SMILES string of the molecule is CN(CC/C(N)=N/O)c1nccs1. The molecule has 1 heterocycles. The molecule has 0 amide bonds. The first kappa shape index (κ1) is 9.79. The van der Waals surface area contributed by atoms with Gasteiger partial charge in [-0.05, 0) is 0 Å². The van der Waals surface area contributed by atoms with Crippen LogP contribution in [-0.2, 0) is 0 Å². The predicted molar refractivity (Wildman–Crippen MR) is 53.4 cm³/mol. The van der Waals surface area contributed by atoms with Gasteiger partial charge >= 0.3 is 0 Å². The Morgan fingerprint density at radius 1 is 1.85 bits per heavy atom. The van der Waals surface area contributed by atoms with Crippen molar-refractivity contribution in [3.63, 3.8) is 0 Å². The van der Waals surface area contributed by atoms with Gasteiger partial charge in [-0.3, -0.25) is 0 Å². The molecule has 1 aromatic heterocycles. The van der Waals surface area contributed by atoms with Crippen LogP contribution in [0.4, 0.5) is 5.13 Å². The zero-order chi connectivity index (χ0) is 9.68. The molecule has 1 rings (SSSR count). The van der Waals surface area contributed by atoms with Crippen molar-refractivity contribution in [3.8, 4) is 0 Å². The number of anilines is 1. The fourth-order valence-electron chi connectivity index (χ4n) is 0.832. The van der Waals surface area contributed by atoms with Crippen molar-refractivity contribution in [2.75, 3.05) is 18.5 Å². The quantitative estimate of drug-likeness (QED) is 0.325. The number of hydrogen-bond acceptors (Lipinski definition) is 5. The zero-order valence-electron chi connectivity index (χ0n) is 7.34. The molecule has 0 radical (unpaired) electrons. The smallest absolute Gasteiger partial charge is 0.184 e. The predicted octanol–water partition coefficient (Wildman–Crippen LogP) is 0.716. The van der Waals surface area contributed by atoms with Crippen LogP contribution in [-0.4, -0.2) is 29.6 Å². The summed E-state index contributed by atoms with van der Waals surface area (Å²) in [7, 11) is 1.92. The maximum Gasteiger partial charge on any atom is 0.184 e. The van der Waals surface area contributed by atoms with Gasteiger partial charge in [0.1, 0.15) is 5.84 Å². The minimum absolute atomic E-state index is 0.239. The van der Waals surface area contributed by atoms with Crippen LogP contribution in [0.2, 0.25) is 0 Å². The molecule has 0 unspecified atom stereocenters. The third-order valence-corrected chi connectivity index (χ3v) is 2.46. The molecule has 5 nitrogen and oxygen atoms in total. The van der Waals surface area contributed by atoms with Gasteiger partial charge in [0.15, 0.2) is 5.13 Å². The van der Waals surface area contributed by atoms with Crippen molar-refractivity contribution in [1.82, 2.24) is 4.98 Å². The molecule has 0 aromatic carbocycles. The van der Waals surface area contributed by atoms with Crippen molar-refractivity contribution in [1.29, 1.82) is 0 Å². The van der Waals surface area contributed by atoms with Gasteiger partial charge < -0.3 is 15.8 Å². The van der Waals surface area contributed by atoms with E-state index < -0.39 is 0 Å². The maximum absolute atomic E-state index is 8.31. The Morgan fingerprint density at radius 2 is 2.62 bits per heavy atom. The number of thiazole rings is 1. The molecule has 6 heteroatoms. The van der Waals surface area contributed by atoms with E-state index in [0.29, 0.717) is 13.0 Å². The molecule has 0 aliphatic rings. The topological polar surface area (TPSA) is 74.7 Å². The Kier molecular flexibility index (Phi) is 3.51. The zero-order valence-corrected chi connectivity index (χ0v) is 8.16. The minimum atomic E-state index is 0.239. The van der Waals surface area contributed by atoms with E-state index in [-0.39, 0.29) is 5.84 Å². The molecular formula is C7H12N4OS. The molecule has 0 fully saturated rings. The van der Waals surface area contributed by atoms with Gasteiger partial charge in [-0.2, -0.15) is 0 Å². The Balaban J connectivity index is 2.38. The van der Waals surface area contributed by atoms with Crippen LogP contribution in [0.3, 0.4) is 0 Å². The van der Waals surface area contributed by atoms with E-state index in [2.05, 4.69) is 10.1 Å². The van der Waals surface area contributed by atoms with Crippen molar-refractivity contribution in [2.24, 2.45) is 10.9 Å². The monoisotopic (exact) mass is 200 g/mol. The van der Waals surface area contributed by atoms with Crippen molar-refractivity contribution in [2.45, 2.75) is 6.42 Å². The highest BCUT2D eigenvalue weighted by Crippen LogP contribution is 2.15. The van der Waals surface area contributed by atoms with E-state index >= 15 is 0 Å². The summed E-state index contributed by atoms with van der Waals surface area (Å²) in [5.41, 5.74) is 5.33. The number of amidine groups is 1. The lowest BCUT2D eigenvalue weighted by atomic mass is 10.4. The van der Waals surface area contributed by atoms with Gasteiger partial charge in [0.2, 0.25) is 0 Å². The lowest BCUT2D eigenvalue weighted by Gasteiger charge is -2.14. The van der Waals surface area contributed by atoms with Crippen molar-refractivity contribution in [3.05, 3.63) is 11.6 Å². The second-order valence-electron chi connectivity index (χ2n) is 2.58. The first-order chi connectivity index (χ1) is 6.24. The Morgan fingerprint density at radius 3 is 3.15 bits per heavy atom. The van der Waals surface area contributed by atoms with Gasteiger partial charge in [0.25, 0.3) is 0 Å². The van der Waals surface area contributed by atoms with E-state index in [1.807, 2.05) is 17.3 Å². The number of aromatic nitrogens is 1. The summed E-state index contributed by atoms with van der Waals surface area (Å²) >= 11 is 1.56. The van der Waals surface area contributed by atoms with Gasteiger partial charge in [-0.1, -0.05) is 5.16 Å². The molecule has 13 heavy (non-hydrogen) atoms. The van der Waals surface area contributed by atoms with Crippen LogP contribution in [0.5, 0.6) is 0 Å². The Labute approximate surface area is 80.5 Å². The van der Waals surface area contributed by atoms with Crippen LogP contribution in [0.15, 0.2) is 16.7 Å². The summed E-state index contributed by atoms with van der Waals surface area (Å²) < 4.78 is 0. The highest BCUT2D eigenvalue weighted by Gasteiger charge is 2.03. The van der Waals surface area contributed by atoms with E-state index in [0.717, 1.165) is 5.13 Å². The van der Waals surface area contributed by atoms with E-state index in [4.69, 9.17) is 10.9 Å². The van der Waals surface area contributed by atoms with Crippen LogP contribution >= 0.6 is 11.3 Å². The molecule has 1 aromatic rings. The number of nitrogens with zero attached hydrogens (tertiary/aromatic N) is 3.